The molecule has 1 saturated heterocycles. The Bertz CT molecular complexity index is 998. The van der Waals surface area contributed by atoms with Gasteiger partial charge >= 0.3 is 0 Å². The number of hydrogen-bond donors (Lipinski definition) is 1. The number of nitrogens with one attached hydrogen (secondary N) is 1. The normalized spacial score (nSPS) is 16.9. The van der Waals surface area contributed by atoms with Crippen molar-refractivity contribution >= 4 is 15.9 Å². The van der Waals surface area contributed by atoms with E-state index in [-0.39, 0.29) is 23.6 Å². The SMILES string of the molecule is Cc1ccc([C@H](C)NC(=O)C2CCN(S(=O)(=O)Cc3ccc(F)cc3)CC2)cc1C. The van der Waals surface area contributed by atoms with Crippen LogP contribution in [0.15, 0.2) is 42.5 Å². The monoisotopic (exact) mass is 432 g/mol. The summed E-state index contributed by atoms with van der Waals surface area (Å²) < 4.78 is 39.8. The predicted molar refractivity (Wildman–Crippen MR) is 116 cm³/mol. The Morgan fingerprint density at radius 2 is 1.73 bits per heavy atom. The van der Waals surface area contributed by atoms with Gasteiger partial charge in [-0.25, -0.2) is 17.1 Å². The molecule has 1 fully saturated rings. The first-order valence-corrected chi connectivity index (χ1v) is 11.9. The van der Waals surface area contributed by atoms with Gasteiger partial charge in [0.25, 0.3) is 0 Å². The Labute approximate surface area is 178 Å². The van der Waals surface area contributed by atoms with Crippen LogP contribution in [0.5, 0.6) is 0 Å². The van der Waals surface area contributed by atoms with Crippen LogP contribution in [-0.4, -0.2) is 31.7 Å². The summed E-state index contributed by atoms with van der Waals surface area (Å²) in [5.41, 5.74) is 4.02. The number of piperidine rings is 1. The van der Waals surface area contributed by atoms with Crippen LogP contribution in [0.2, 0.25) is 0 Å². The van der Waals surface area contributed by atoms with Gasteiger partial charge in [-0.2, -0.15) is 0 Å². The number of carbonyl (C=O) groups excluding carboxylic acids is 1. The van der Waals surface area contributed by atoms with Crippen molar-refractivity contribution < 1.29 is 17.6 Å². The quantitative estimate of drug-likeness (QED) is 0.754. The third kappa shape index (κ3) is 5.46. The summed E-state index contributed by atoms with van der Waals surface area (Å²) in [6.45, 7) is 6.71. The summed E-state index contributed by atoms with van der Waals surface area (Å²) in [5.74, 6) is -0.779. The average molecular weight is 433 g/mol. The zero-order valence-corrected chi connectivity index (χ0v) is 18.5. The van der Waals surface area contributed by atoms with E-state index < -0.39 is 15.8 Å². The van der Waals surface area contributed by atoms with Gasteiger partial charge in [-0.15, -0.1) is 0 Å². The number of amides is 1. The van der Waals surface area contributed by atoms with Gasteiger partial charge in [0.2, 0.25) is 15.9 Å². The summed E-state index contributed by atoms with van der Waals surface area (Å²) in [7, 11) is -3.49. The second-order valence-electron chi connectivity index (χ2n) is 8.13. The third-order valence-electron chi connectivity index (χ3n) is 5.87. The third-order valence-corrected chi connectivity index (χ3v) is 7.72. The number of hydrogen-bond acceptors (Lipinski definition) is 3. The molecule has 30 heavy (non-hydrogen) atoms. The van der Waals surface area contributed by atoms with E-state index in [1.54, 1.807) is 0 Å². The van der Waals surface area contributed by atoms with Crippen LogP contribution in [0.1, 0.15) is 48.1 Å². The van der Waals surface area contributed by atoms with E-state index in [1.807, 2.05) is 13.0 Å². The Balaban J connectivity index is 1.54. The van der Waals surface area contributed by atoms with Crippen molar-refractivity contribution in [3.8, 4) is 0 Å². The molecular formula is C23H29FN2O3S. The Hall–Kier alpha value is -2.25. The first-order valence-electron chi connectivity index (χ1n) is 10.3. The first-order chi connectivity index (χ1) is 14.2. The standard InChI is InChI=1S/C23H29FN2O3S/c1-16-4-7-21(14-17(16)2)18(3)25-23(27)20-10-12-26(13-11-20)30(28,29)15-19-5-8-22(24)9-6-19/h4-9,14,18,20H,10-13,15H2,1-3H3,(H,25,27)/t18-/m0/s1. The lowest BCUT2D eigenvalue weighted by Gasteiger charge is -2.31. The molecule has 0 bridgehead atoms. The second-order valence-corrected chi connectivity index (χ2v) is 10.1. The summed E-state index contributed by atoms with van der Waals surface area (Å²) in [5, 5.41) is 3.07. The molecule has 1 atom stereocenters. The van der Waals surface area contributed by atoms with Crippen LogP contribution in [0, 0.1) is 25.6 Å². The molecule has 7 heteroatoms. The molecule has 1 aliphatic rings. The molecule has 0 saturated carbocycles. The van der Waals surface area contributed by atoms with E-state index in [0.29, 0.717) is 31.5 Å². The molecule has 1 amide bonds. The number of nitrogens with zero attached hydrogens (tertiary/aromatic N) is 1. The fourth-order valence-corrected chi connectivity index (χ4v) is 5.29. The van der Waals surface area contributed by atoms with Gasteiger partial charge < -0.3 is 5.32 Å². The van der Waals surface area contributed by atoms with Crippen molar-refractivity contribution in [2.45, 2.75) is 45.4 Å². The maximum Gasteiger partial charge on any atom is 0.223 e. The largest absolute Gasteiger partial charge is 0.349 e. The van der Waals surface area contributed by atoms with Crippen LogP contribution in [0.4, 0.5) is 4.39 Å². The minimum absolute atomic E-state index is 0.0312. The first kappa shape index (κ1) is 22.4. The second kappa shape index (κ2) is 9.27. The lowest BCUT2D eigenvalue weighted by molar-refractivity contribution is -0.126. The molecule has 0 unspecified atom stereocenters. The highest BCUT2D eigenvalue weighted by atomic mass is 32.2. The van der Waals surface area contributed by atoms with Gasteiger partial charge in [0.05, 0.1) is 11.8 Å². The van der Waals surface area contributed by atoms with E-state index >= 15 is 0 Å². The minimum Gasteiger partial charge on any atom is -0.349 e. The van der Waals surface area contributed by atoms with Crippen molar-refractivity contribution in [2.75, 3.05) is 13.1 Å². The summed E-state index contributed by atoms with van der Waals surface area (Å²) in [6, 6.07) is 11.6. The topological polar surface area (TPSA) is 66.5 Å². The molecule has 5 nitrogen and oxygen atoms in total. The molecule has 0 aromatic heterocycles. The number of carbonyl (C=O) groups is 1. The smallest absolute Gasteiger partial charge is 0.223 e. The van der Waals surface area contributed by atoms with E-state index in [1.165, 1.54) is 39.7 Å². The van der Waals surface area contributed by atoms with Gasteiger partial charge in [-0.05, 0) is 68.0 Å². The lowest BCUT2D eigenvalue weighted by atomic mass is 9.96. The number of sulfonamides is 1. The van der Waals surface area contributed by atoms with Crippen LogP contribution in [-0.2, 0) is 20.6 Å². The fraction of sp³-hybridized carbons (Fsp3) is 0.435. The van der Waals surface area contributed by atoms with Gasteiger partial charge in [-0.1, -0.05) is 30.3 Å². The van der Waals surface area contributed by atoms with E-state index in [4.69, 9.17) is 0 Å². The van der Waals surface area contributed by atoms with Crippen molar-refractivity contribution in [1.29, 1.82) is 0 Å². The van der Waals surface area contributed by atoms with E-state index in [2.05, 4.69) is 31.3 Å². The predicted octanol–water partition coefficient (Wildman–Crippen LogP) is 3.86. The average Bonchev–Trinajstić information content (AvgIpc) is 2.71. The molecule has 1 N–H and O–H groups in total. The van der Waals surface area contributed by atoms with Crippen LogP contribution < -0.4 is 5.32 Å². The van der Waals surface area contributed by atoms with Crippen molar-refractivity contribution in [1.82, 2.24) is 9.62 Å². The van der Waals surface area contributed by atoms with Crippen molar-refractivity contribution in [3.05, 3.63) is 70.5 Å². The highest BCUT2D eigenvalue weighted by Gasteiger charge is 2.31. The van der Waals surface area contributed by atoms with Crippen molar-refractivity contribution in [2.24, 2.45) is 5.92 Å². The fourth-order valence-electron chi connectivity index (χ4n) is 3.73. The maximum atomic E-state index is 13.0. The molecule has 162 valence electrons. The van der Waals surface area contributed by atoms with Gasteiger partial charge in [0.15, 0.2) is 0 Å². The summed E-state index contributed by atoms with van der Waals surface area (Å²) in [6.07, 6.45) is 0.988. The Kier molecular flexibility index (Phi) is 6.93. The summed E-state index contributed by atoms with van der Waals surface area (Å²) in [4.78, 5) is 12.7. The van der Waals surface area contributed by atoms with Crippen LogP contribution >= 0.6 is 0 Å². The number of halogens is 1. The van der Waals surface area contributed by atoms with Gasteiger partial charge in [0, 0.05) is 19.0 Å². The van der Waals surface area contributed by atoms with Crippen LogP contribution in [0.3, 0.4) is 0 Å². The van der Waals surface area contributed by atoms with E-state index in [9.17, 15) is 17.6 Å². The zero-order valence-electron chi connectivity index (χ0n) is 17.7. The molecular weight excluding hydrogens is 403 g/mol. The lowest BCUT2D eigenvalue weighted by Crippen LogP contribution is -2.43. The molecule has 0 aliphatic carbocycles. The zero-order chi connectivity index (χ0) is 21.9. The van der Waals surface area contributed by atoms with Crippen molar-refractivity contribution in [3.63, 3.8) is 0 Å². The van der Waals surface area contributed by atoms with Gasteiger partial charge in [0.1, 0.15) is 5.82 Å². The molecule has 2 aromatic rings. The number of rotatable bonds is 6. The molecule has 1 heterocycles. The Morgan fingerprint density at radius 3 is 2.33 bits per heavy atom. The summed E-state index contributed by atoms with van der Waals surface area (Å²) >= 11 is 0. The minimum atomic E-state index is -3.49. The molecule has 0 radical (unpaired) electrons. The molecule has 1 aliphatic heterocycles. The molecule has 3 rings (SSSR count). The Morgan fingerprint density at radius 1 is 1.10 bits per heavy atom. The van der Waals surface area contributed by atoms with Gasteiger partial charge in [-0.3, -0.25) is 4.79 Å². The van der Waals surface area contributed by atoms with Crippen LogP contribution in [0.25, 0.3) is 0 Å². The molecule has 2 aromatic carbocycles. The number of benzene rings is 2. The number of aryl methyl sites for hydroxylation is 2. The molecule has 0 spiro atoms. The maximum absolute atomic E-state index is 13.0. The highest BCUT2D eigenvalue weighted by molar-refractivity contribution is 7.88. The van der Waals surface area contributed by atoms with E-state index in [0.717, 1.165) is 5.56 Å². The highest BCUT2D eigenvalue weighted by Crippen LogP contribution is 2.24.